The predicted octanol–water partition coefficient (Wildman–Crippen LogP) is 1.30. The molecule has 0 atom stereocenters. The maximum absolute atomic E-state index is 11.5. The van der Waals surface area contributed by atoms with E-state index < -0.39 is 0 Å². The molecule has 1 aromatic heterocycles. The largest absolute Gasteiger partial charge is 0.468 e. The molecular weight excluding hydrogens is 230 g/mol. The molecule has 0 aliphatic heterocycles. The number of methoxy groups -OCH3 is 1. The highest BCUT2D eigenvalue weighted by Crippen LogP contribution is 2.23. The molecule has 1 heterocycles. The van der Waals surface area contributed by atoms with Crippen LogP contribution in [0.3, 0.4) is 0 Å². The molecule has 5 nitrogen and oxygen atoms in total. The van der Waals surface area contributed by atoms with Crippen LogP contribution in [-0.2, 0) is 16.1 Å². The van der Waals surface area contributed by atoms with E-state index in [0.717, 1.165) is 13.1 Å². The van der Waals surface area contributed by atoms with Gasteiger partial charge in [0.1, 0.15) is 0 Å². The van der Waals surface area contributed by atoms with Crippen molar-refractivity contribution in [3.8, 4) is 0 Å². The number of aromatic nitrogens is 2. The number of esters is 1. The monoisotopic (exact) mass is 251 g/mol. The molecule has 0 unspecified atom stereocenters. The summed E-state index contributed by atoms with van der Waals surface area (Å²) in [7, 11) is 1.45. The Kier molecular flexibility index (Phi) is 4.75. The Morgan fingerprint density at radius 3 is 2.89 bits per heavy atom. The molecule has 0 N–H and O–H groups in total. The van der Waals surface area contributed by atoms with E-state index in [9.17, 15) is 4.79 Å². The summed E-state index contributed by atoms with van der Waals surface area (Å²) >= 11 is 0. The molecule has 0 saturated heterocycles. The third-order valence-electron chi connectivity index (χ3n) is 3.58. The fourth-order valence-corrected chi connectivity index (χ4v) is 2.55. The smallest absolute Gasteiger partial charge is 0.319 e. The standard InChI is InChI=1S/C13H21N3O2/c1-18-13(17)11-15(12-5-2-3-6-12)9-10-16-8-4-7-14-16/h4,7-8,12H,2-3,5-6,9-11H2,1H3. The molecule has 2 rings (SSSR count). The van der Waals surface area contributed by atoms with E-state index in [-0.39, 0.29) is 5.97 Å². The summed E-state index contributed by atoms with van der Waals surface area (Å²) in [5.41, 5.74) is 0. The average molecular weight is 251 g/mol. The maximum Gasteiger partial charge on any atom is 0.319 e. The van der Waals surface area contributed by atoms with Crippen molar-refractivity contribution in [3.63, 3.8) is 0 Å². The number of carbonyl (C=O) groups is 1. The molecule has 0 aromatic carbocycles. The highest BCUT2D eigenvalue weighted by molar-refractivity contribution is 5.71. The summed E-state index contributed by atoms with van der Waals surface area (Å²) in [6, 6.07) is 2.44. The van der Waals surface area contributed by atoms with Crippen LogP contribution in [0.2, 0.25) is 0 Å². The topological polar surface area (TPSA) is 47.4 Å². The van der Waals surface area contributed by atoms with Gasteiger partial charge >= 0.3 is 5.97 Å². The van der Waals surface area contributed by atoms with Crippen LogP contribution in [0.25, 0.3) is 0 Å². The van der Waals surface area contributed by atoms with Gasteiger partial charge in [-0.2, -0.15) is 5.10 Å². The second-order valence-corrected chi connectivity index (χ2v) is 4.75. The first-order valence-electron chi connectivity index (χ1n) is 6.58. The molecule has 0 radical (unpaired) electrons. The molecule has 0 spiro atoms. The SMILES string of the molecule is COC(=O)CN(CCn1cccn1)C1CCCC1. The van der Waals surface area contributed by atoms with E-state index in [4.69, 9.17) is 4.74 Å². The van der Waals surface area contributed by atoms with Crippen molar-refractivity contribution in [3.05, 3.63) is 18.5 Å². The average Bonchev–Trinajstić information content (AvgIpc) is 3.06. The van der Waals surface area contributed by atoms with Gasteiger partial charge in [0.15, 0.2) is 0 Å². The summed E-state index contributed by atoms with van der Waals surface area (Å²) in [5, 5.41) is 4.19. The van der Waals surface area contributed by atoms with Crippen LogP contribution in [0.15, 0.2) is 18.5 Å². The Balaban J connectivity index is 1.88. The van der Waals surface area contributed by atoms with Gasteiger partial charge in [-0.3, -0.25) is 14.4 Å². The van der Waals surface area contributed by atoms with Crippen LogP contribution >= 0.6 is 0 Å². The Hall–Kier alpha value is -1.36. The minimum Gasteiger partial charge on any atom is -0.468 e. The van der Waals surface area contributed by atoms with Gasteiger partial charge in [0.25, 0.3) is 0 Å². The van der Waals surface area contributed by atoms with Gasteiger partial charge in [-0.05, 0) is 18.9 Å². The van der Waals surface area contributed by atoms with Gasteiger partial charge in [-0.25, -0.2) is 0 Å². The van der Waals surface area contributed by atoms with Crippen molar-refractivity contribution in [2.24, 2.45) is 0 Å². The lowest BCUT2D eigenvalue weighted by atomic mass is 10.2. The molecule has 1 aromatic rings. The molecule has 1 fully saturated rings. The van der Waals surface area contributed by atoms with Crippen LogP contribution in [-0.4, -0.2) is 46.9 Å². The lowest BCUT2D eigenvalue weighted by molar-refractivity contribution is -0.142. The molecule has 5 heteroatoms. The number of ether oxygens (including phenoxy) is 1. The molecule has 1 aliphatic carbocycles. The summed E-state index contributed by atoms with van der Waals surface area (Å²) in [6.45, 7) is 2.06. The van der Waals surface area contributed by atoms with Crippen molar-refractivity contribution in [2.45, 2.75) is 38.3 Å². The van der Waals surface area contributed by atoms with Crippen LogP contribution < -0.4 is 0 Å². The van der Waals surface area contributed by atoms with E-state index in [1.807, 2.05) is 16.9 Å². The third-order valence-corrected chi connectivity index (χ3v) is 3.58. The fraction of sp³-hybridized carbons (Fsp3) is 0.692. The molecule has 18 heavy (non-hydrogen) atoms. The summed E-state index contributed by atoms with van der Waals surface area (Å²) in [5.74, 6) is -0.151. The minimum atomic E-state index is -0.151. The Morgan fingerprint density at radius 2 is 2.28 bits per heavy atom. The predicted molar refractivity (Wildman–Crippen MR) is 68.1 cm³/mol. The van der Waals surface area contributed by atoms with E-state index >= 15 is 0 Å². The Morgan fingerprint density at radius 1 is 1.50 bits per heavy atom. The van der Waals surface area contributed by atoms with E-state index in [0.29, 0.717) is 12.6 Å². The van der Waals surface area contributed by atoms with Gasteiger partial charge in [0.2, 0.25) is 0 Å². The molecular formula is C13H21N3O2. The van der Waals surface area contributed by atoms with E-state index in [2.05, 4.69) is 10.00 Å². The normalized spacial score (nSPS) is 16.3. The summed E-state index contributed by atoms with van der Waals surface area (Å²) in [6.07, 6.45) is 8.64. The van der Waals surface area contributed by atoms with Gasteiger partial charge in [-0.15, -0.1) is 0 Å². The Labute approximate surface area is 108 Å². The fourth-order valence-electron chi connectivity index (χ4n) is 2.55. The Bertz CT molecular complexity index is 358. The van der Waals surface area contributed by atoms with Gasteiger partial charge in [-0.1, -0.05) is 12.8 Å². The first-order chi connectivity index (χ1) is 8.79. The van der Waals surface area contributed by atoms with E-state index in [1.54, 1.807) is 6.20 Å². The molecule has 1 saturated carbocycles. The van der Waals surface area contributed by atoms with Gasteiger partial charge < -0.3 is 4.74 Å². The van der Waals surface area contributed by atoms with Crippen molar-refractivity contribution in [1.29, 1.82) is 0 Å². The van der Waals surface area contributed by atoms with Crippen molar-refractivity contribution in [2.75, 3.05) is 20.2 Å². The van der Waals surface area contributed by atoms with Crippen molar-refractivity contribution in [1.82, 2.24) is 14.7 Å². The summed E-state index contributed by atoms with van der Waals surface area (Å²) < 4.78 is 6.68. The number of carbonyl (C=O) groups excluding carboxylic acids is 1. The lowest BCUT2D eigenvalue weighted by Gasteiger charge is -2.27. The second-order valence-electron chi connectivity index (χ2n) is 4.75. The highest BCUT2D eigenvalue weighted by atomic mass is 16.5. The molecule has 0 amide bonds. The molecule has 0 bridgehead atoms. The van der Waals surface area contributed by atoms with Crippen LogP contribution in [0.1, 0.15) is 25.7 Å². The lowest BCUT2D eigenvalue weighted by Crippen LogP contribution is -2.40. The van der Waals surface area contributed by atoms with Crippen LogP contribution in [0, 0.1) is 0 Å². The summed E-state index contributed by atoms with van der Waals surface area (Å²) in [4.78, 5) is 13.7. The minimum absolute atomic E-state index is 0.151. The number of hydrogen-bond acceptors (Lipinski definition) is 4. The first-order valence-corrected chi connectivity index (χ1v) is 6.58. The zero-order chi connectivity index (χ0) is 12.8. The van der Waals surface area contributed by atoms with Crippen LogP contribution in [0.4, 0.5) is 0 Å². The number of hydrogen-bond donors (Lipinski definition) is 0. The maximum atomic E-state index is 11.5. The van der Waals surface area contributed by atoms with Gasteiger partial charge in [0.05, 0.1) is 20.2 Å². The third kappa shape index (κ3) is 3.57. The number of rotatable bonds is 6. The van der Waals surface area contributed by atoms with Crippen LogP contribution in [0.5, 0.6) is 0 Å². The quantitative estimate of drug-likeness (QED) is 0.715. The first kappa shape index (κ1) is 13.1. The molecule has 1 aliphatic rings. The highest BCUT2D eigenvalue weighted by Gasteiger charge is 2.24. The second kappa shape index (κ2) is 6.54. The van der Waals surface area contributed by atoms with Crippen molar-refractivity contribution >= 4 is 5.97 Å². The molecule has 100 valence electrons. The van der Waals surface area contributed by atoms with Crippen molar-refractivity contribution < 1.29 is 9.53 Å². The zero-order valence-electron chi connectivity index (χ0n) is 10.9. The van der Waals surface area contributed by atoms with E-state index in [1.165, 1.54) is 32.8 Å². The zero-order valence-corrected chi connectivity index (χ0v) is 10.9. The number of nitrogens with zero attached hydrogens (tertiary/aromatic N) is 3. The van der Waals surface area contributed by atoms with Gasteiger partial charge in [0, 0.05) is 25.0 Å².